The van der Waals surface area contributed by atoms with E-state index in [1.807, 2.05) is 12.1 Å². The number of non-ortho nitro benzene ring substituents is 1. The van der Waals surface area contributed by atoms with E-state index in [1.54, 1.807) is 37.3 Å². The number of hydrazone groups is 1. The Hall–Kier alpha value is -4.11. The number of nitrogens with one attached hydrogen (secondary N) is 1. The van der Waals surface area contributed by atoms with Gasteiger partial charge in [0.15, 0.2) is 17.6 Å². The topological polar surface area (TPSA) is 112 Å². The van der Waals surface area contributed by atoms with Gasteiger partial charge in [0.2, 0.25) is 0 Å². The Labute approximate surface area is 201 Å². The minimum absolute atomic E-state index is 0.0640. The number of nitro benzene ring substituents is 1. The zero-order valence-corrected chi connectivity index (χ0v) is 19.2. The predicted molar refractivity (Wildman–Crippen MR) is 128 cm³/mol. The first kappa shape index (κ1) is 24.5. The summed E-state index contributed by atoms with van der Waals surface area (Å²) in [7, 11) is 1.53. The zero-order valence-electron chi connectivity index (χ0n) is 18.4. The van der Waals surface area contributed by atoms with Crippen LogP contribution in [-0.2, 0) is 11.4 Å². The van der Waals surface area contributed by atoms with Gasteiger partial charge in [0.25, 0.3) is 11.6 Å². The molecule has 0 heterocycles. The molecular formula is C24H22ClN3O6. The van der Waals surface area contributed by atoms with Crippen LogP contribution in [0.1, 0.15) is 18.1 Å². The second-order valence-electron chi connectivity index (χ2n) is 7.07. The van der Waals surface area contributed by atoms with E-state index in [0.29, 0.717) is 34.4 Å². The van der Waals surface area contributed by atoms with Gasteiger partial charge in [-0.15, -0.1) is 0 Å². The van der Waals surface area contributed by atoms with Crippen LogP contribution in [0.4, 0.5) is 5.69 Å². The van der Waals surface area contributed by atoms with Gasteiger partial charge >= 0.3 is 0 Å². The van der Waals surface area contributed by atoms with Crippen molar-refractivity contribution in [2.24, 2.45) is 5.10 Å². The molecule has 34 heavy (non-hydrogen) atoms. The molecule has 0 aliphatic heterocycles. The number of hydrogen-bond acceptors (Lipinski definition) is 7. The fourth-order valence-electron chi connectivity index (χ4n) is 2.79. The summed E-state index contributed by atoms with van der Waals surface area (Å²) in [6.45, 7) is 1.89. The number of carbonyl (C=O) groups is 1. The standard InChI is InChI=1S/C24H22ClN3O6/c1-16(34-21-10-8-20(9-11-21)28(30)31)24(29)27-26-14-18-5-12-22(23(13-18)32-2)33-15-17-3-6-19(25)7-4-17/h3-14,16H,15H2,1-2H3,(H,27,29)/b26-14-/t16-/m0/s1. The Balaban J connectivity index is 1.54. The molecule has 9 nitrogen and oxygen atoms in total. The molecule has 3 aromatic carbocycles. The number of carbonyl (C=O) groups excluding carboxylic acids is 1. The smallest absolute Gasteiger partial charge is 0.280 e. The molecule has 0 radical (unpaired) electrons. The highest BCUT2D eigenvalue weighted by atomic mass is 35.5. The molecule has 0 fully saturated rings. The third-order valence-electron chi connectivity index (χ3n) is 4.61. The van der Waals surface area contributed by atoms with Gasteiger partial charge in [-0.1, -0.05) is 23.7 Å². The van der Waals surface area contributed by atoms with Crippen molar-refractivity contribution in [1.29, 1.82) is 0 Å². The predicted octanol–water partition coefficient (Wildman–Crippen LogP) is 4.75. The molecule has 0 spiro atoms. The molecular weight excluding hydrogens is 462 g/mol. The van der Waals surface area contributed by atoms with Gasteiger partial charge in [-0.3, -0.25) is 14.9 Å². The van der Waals surface area contributed by atoms with Gasteiger partial charge in [-0.25, -0.2) is 5.43 Å². The van der Waals surface area contributed by atoms with E-state index in [4.69, 9.17) is 25.8 Å². The maximum atomic E-state index is 12.2. The van der Waals surface area contributed by atoms with E-state index in [1.165, 1.54) is 37.6 Å². The highest BCUT2D eigenvalue weighted by Gasteiger charge is 2.15. The van der Waals surface area contributed by atoms with E-state index in [9.17, 15) is 14.9 Å². The Bertz CT molecular complexity index is 1170. The first-order valence-electron chi connectivity index (χ1n) is 10.1. The van der Waals surface area contributed by atoms with Gasteiger partial charge in [0.1, 0.15) is 12.4 Å². The number of hydrogen-bond donors (Lipinski definition) is 1. The molecule has 1 atom stereocenters. The van der Waals surface area contributed by atoms with Crippen LogP contribution in [0.25, 0.3) is 0 Å². The first-order valence-corrected chi connectivity index (χ1v) is 10.5. The van der Waals surface area contributed by atoms with Crippen molar-refractivity contribution in [2.45, 2.75) is 19.6 Å². The average Bonchev–Trinajstić information content (AvgIpc) is 2.84. The number of halogens is 1. The molecule has 176 valence electrons. The summed E-state index contributed by atoms with van der Waals surface area (Å²) in [4.78, 5) is 22.4. The lowest BCUT2D eigenvalue weighted by molar-refractivity contribution is -0.384. The van der Waals surface area contributed by atoms with Crippen LogP contribution in [0, 0.1) is 10.1 Å². The second-order valence-corrected chi connectivity index (χ2v) is 7.51. The highest BCUT2D eigenvalue weighted by Crippen LogP contribution is 2.28. The van der Waals surface area contributed by atoms with Crippen LogP contribution in [0.3, 0.4) is 0 Å². The minimum Gasteiger partial charge on any atom is -0.493 e. The second kappa shape index (κ2) is 11.7. The maximum Gasteiger partial charge on any atom is 0.280 e. The van der Waals surface area contributed by atoms with E-state index < -0.39 is 16.9 Å². The van der Waals surface area contributed by atoms with E-state index >= 15 is 0 Å². The molecule has 0 unspecified atom stereocenters. The number of nitro groups is 1. The number of nitrogens with zero attached hydrogens (tertiary/aromatic N) is 2. The van der Waals surface area contributed by atoms with Gasteiger partial charge in [0.05, 0.1) is 18.2 Å². The van der Waals surface area contributed by atoms with Crippen LogP contribution in [0.5, 0.6) is 17.2 Å². The molecule has 0 saturated carbocycles. The summed E-state index contributed by atoms with van der Waals surface area (Å²) >= 11 is 5.90. The molecule has 1 amide bonds. The molecule has 0 aromatic heterocycles. The normalized spacial score (nSPS) is 11.6. The number of rotatable bonds is 10. The third-order valence-corrected chi connectivity index (χ3v) is 4.87. The van der Waals surface area contributed by atoms with Gasteiger partial charge in [-0.05, 0) is 60.5 Å². The molecule has 3 rings (SSSR count). The van der Waals surface area contributed by atoms with E-state index in [2.05, 4.69) is 10.5 Å². The molecule has 0 bridgehead atoms. The SMILES string of the molecule is COc1cc(/C=N\NC(=O)[C@H](C)Oc2ccc([N+](=O)[O-])cc2)ccc1OCc1ccc(Cl)cc1. The zero-order chi connectivity index (χ0) is 24.5. The average molecular weight is 484 g/mol. The molecule has 10 heteroatoms. The van der Waals surface area contributed by atoms with Crippen molar-refractivity contribution in [2.75, 3.05) is 7.11 Å². The van der Waals surface area contributed by atoms with Crippen molar-refractivity contribution in [3.63, 3.8) is 0 Å². The molecule has 0 saturated heterocycles. The molecule has 1 N–H and O–H groups in total. The Morgan fingerprint density at radius 2 is 1.82 bits per heavy atom. The van der Waals surface area contributed by atoms with Crippen LogP contribution < -0.4 is 19.6 Å². The van der Waals surface area contributed by atoms with Crippen LogP contribution in [0.15, 0.2) is 71.8 Å². The summed E-state index contributed by atoms with van der Waals surface area (Å²) in [5.74, 6) is 0.920. The van der Waals surface area contributed by atoms with E-state index in [0.717, 1.165) is 5.56 Å². The maximum absolute atomic E-state index is 12.2. The number of amides is 1. The number of methoxy groups -OCH3 is 1. The van der Waals surface area contributed by atoms with Gasteiger partial charge in [-0.2, -0.15) is 5.10 Å². The lowest BCUT2D eigenvalue weighted by atomic mass is 10.2. The quantitative estimate of drug-likeness (QED) is 0.253. The monoisotopic (exact) mass is 483 g/mol. The highest BCUT2D eigenvalue weighted by molar-refractivity contribution is 6.30. The van der Waals surface area contributed by atoms with Crippen molar-refractivity contribution in [3.8, 4) is 17.2 Å². The lowest BCUT2D eigenvalue weighted by Gasteiger charge is -2.13. The van der Waals surface area contributed by atoms with Crippen molar-refractivity contribution in [3.05, 3.63) is 93.0 Å². The summed E-state index contributed by atoms with van der Waals surface area (Å²) in [6.07, 6.45) is 0.596. The lowest BCUT2D eigenvalue weighted by Crippen LogP contribution is -2.33. The number of benzene rings is 3. The summed E-state index contributed by atoms with van der Waals surface area (Å²) in [5.41, 5.74) is 3.98. The van der Waals surface area contributed by atoms with Crippen molar-refractivity contribution < 1.29 is 23.9 Å². The largest absolute Gasteiger partial charge is 0.493 e. The first-order chi connectivity index (χ1) is 16.4. The van der Waals surface area contributed by atoms with Gasteiger partial charge in [0, 0.05) is 17.2 Å². The number of ether oxygens (including phenoxy) is 3. The summed E-state index contributed by atoms with van der Waals surface area (Å²) < 4.78 is 16.7. The third kappa shape index (κ3) is 6.94. The fourth-order valence-corrected chi connectivity index (χ4v) is 2.92. The van der Waals surface area contributed by atoms with E-state index in [-0.39, 0.29) is 5.69 Å². The van der Waals surface area contributed by atoms with Crippen LogP contribution in [-0.4, -0.2) is 30.3 Å². The Morgan fingerprint density at radius 3 is 2.47 bits per heavy atom. The molecule has 0 aliphatic rings. The fraction of sp³-hybridized carbons (Fsp3) is 0.167. The Morgan fingerprint density at radius 1 is 1.12 bits per heavy atom. The van der Waals surface area contributed by atoms with Crippen molar-refractivity contribution >= 4 is 29.4 Å². The summed E-state index contributed by atoms with van der Waals surface area (Å²) in [5, 5.41) is 15.3. The Kier molecular flexibility index (Phi) is 8.42. The summed E-state index contributed by atoms with van der Waals surface area (Å²) in [6, 6.07) is 18.0. The molecule has 3 aromatic rings. The molecule has 0 aliphatic carbocycles. The van der Waals surface area contributed by atoms with Gasteiger partial charge < -0.3 is 14.2 Å². The van der Waals surface area contributed by atoms with Crippen LogP contribution >= 0.6 is 11.6 Å². The van der Waals surface area contributed by atoms with Crippen molar-refractivity contribution in [1.82, 2.24) is 5.43 Å². The minimum atomic E-state index is -0.864. The van der Waals surface area contributed by atoms with Crippen LogP contribution in [0.2, 0.25) is 5.02 Å².